The molecular weight excluding hydrogens is 459 g/mol. The summed E-state index contributed by atoms with van der Waals surface area (Å²) in [4.78, 5) is 29.8. The van der Waals surface area contributed by atoms with Crippen LogP contribution in [0.3, 0.4) is 0 Å². The summed E-state index contributed by atoms with van der Waals surface area (Å²) < 4.78 is 38.9. The van der Waals surface area contributed by atoms with Crippen LogP contribution in [0.15, 0.2) is 42.5 Å². The van der Waals surface area contributed by atoms with E-state index in [0.717, 1.165) is 56.1 Å². The topological polar surface area (TPSA) is 64.1 Å². The van der Waals surface area contributed by atoms with Crippen LogP contribution in [-0.4, -0.2) is 59.5 Å². The number of anilines is 1. The van der Waals surface area contributed by atoms with Gasteiger partial charge in [0.05, 0.1) is 11.1 Å². The summed E-state index contributed by atoms with van der Waals surface area (Å²) in [6.45, 7) is 4.91. The van der Waals surface area contributed by atoms with Gasteiger partial charge in [-0.05, 0) is 60.8 Å². The molecule has 9 heteroatoms. The standard InChI is InChI=1S/C26H30F3N3O3/c27-26(28,29)22-5-4-6-23(16-22)31-13-11-30(12-14-31)10-3-1-2-7-24(33)32-17-20-9-8-19(25(34)35)15-21(20)18-32/h4-6,8-9,15-16H,1-3,7,10-14,17-18H2,(H,34,35). The Hall–Kier alpha value is -3.07. The number of aromatic carboxylic acids is 1. The Labute approximate surface area is 202 Å². The largest absolute Gasteiger partial charge is 0.478 e. The molecule has 0 radical (unpaired) electrons. The fourth-order valence-corrected chi connectivity index (χ4v) is 4.76. The lowest BCUT2D eigenvalue weighted by molar-refractivity contribution is -0.137. The van der Waals surface area contributed by atoms with E-state index in [4.69, 9.17) is 5.11 Å². The van der Waals surface area contributed by atoms with Crippen LogP contribution in [0.1, 0.15) is 52.7 Å². The zero-order valence-corrected chi connectivity index (χ0v) is 19.6. The lowest BCUT2D eigenvalue weighted by Crippen LogP contribution is -2.46. The van der Waals surface area contributed by atoms with Crippen molar-refractivity contribution in [1.82, 2.24) is 9.80 Å². The first-order chi connectivity index (χ1) is 16.7. The Balaban J connectivity index is 1.13. The summed E-state index contributed by atoms with van der Waals surface area (Å²) in [6, 6.07) is 10.5. The third kappa shape index (κ3) is 6.33. The molecule has 2 aliphatic rings. The number of hydrogen-bond acceptors (Lipinski definition) is 4. The lowest BCUT2D eigenvalue weighted by atomic mass is 10.1. The number of halogens is 3. The Bertz CT molecular complexity index is 1070. The van der Waals surface area contributed by atoms with E-state index in [0.29, 0.717) is 38.3 Å². The normalized spacial score (nSPS) is 16.4. The van der Waals surface area contributed by atoms with Crippen molar-refractivity contribution in [3.8, 4) is 0 Å². The molecule has 2 aliphatic heterocycles. The maximum atomic E-state index is 13.0. The summed E-state index contributed by atoms with van der Waals surface area (Å²) in [7, 11) is 0. The molecule has 2 aromatic carbocycles. The third-order valence-electron chi connectivity index (χ3n) is 6.80. The molecule has 6 nitrogen and oxygen atoms in total. The lowest BCUT2D eigenvalue weighted by Gasteiger charge is -2.36. The molecule has 0 bridgehead atoms. The molecule has 0 atom stereocenters. The first-order valence-electron chi connectivity index (χ1n) is 12.0. The van der Waals surface area contributed by atoms with E-state index in [1.54, 1.807) is 29.2 Å². The fourth-order valence-electron chi connectivity index (χ4n) is 4.76. The van der Waals surface area contributed by atoms with Gasteiger partial charge in [0.1, 0.15) is 0 Å². The number of piperazine rings is 1. The van der Waals surface area contributed by atoms with Gasteiger partial charge >= 0.3 is 12.1 Å². The molecule has 0 unspecified atom stereocenters. The van der Waals surface area contributed by atoms with Crippen molar-refractivity contribution in [3.63, 3.8) is 0 Å². The molecular formula is C26H30F3N3O3. The van der Waals surface area contributed by atoms with E-state index in [1.807, 2.05) is 4.90 Å². The molecule has 1 amide bonds. The summed E-state index contributed by atoms with van der Waals surface area (Å²) in [5, 5.41) is 9.13. The predicted octanol–water partition coefficient (Wildman–Crippen LogP) is 4.63. The highest BCUT2D eigenvalue weighted by molar-refractivity contribution is 5.88. The molecule has 35 heavy (non-hydrogen) atoms. The summed E-state index contributed by atoms with van der Waals surface area (Å²) in [5.41, 5.74) is 2.15. The minimum Gasteiger partial charge on any atom is -0.478 e. The monoisotopic (exact) mass is 489 g/mol. The van der Waals surface area contributed by atoms with Crippen molar-refractivity contribution in [2.24, 2.45) is 0 Å². The Morgan fingerprint density at radius 1 is 0.886 bits per heavy atom. The number of fused-ring (bicyclic) bond motifs is 1. The molecule has 188 valence electrons. The van der Waals surface area contributed by atoms with Crippen LogP contribution in [0, 0.1) is 0 Å². The Morgan fingerprint density at radius 2 is 1.63 bits per heavy atom. The summed E-state index contributed by atoms with van der Waals surface area (Å²) >= 11 is 0. The molecule has 4 rings (SSSR count). The van der Waals surface area contributed by atoms with Crippen molar-refractivity contribution in [1.29, 1.82) is 0 Å². The second kappa shape index (κ2) is 10.7. The van der Waals surface area contributed by atoms with E-state index in [1.165, 1.54) is 12.1 Å². The van der Waals surface area contributed by atoms with Crippen molar-refractivity contribution in [2.45, 2.75) is 44.9 Å². The smallest absolute Gasteiger partial charge is 0.416 e. The van der Waals surface area contributed by atoms with Crippen LogP contribution in [0.5, 0.6) is 0 Å². The van der Waals surface area contributed by atoms with Gasteiger partial charge in [0.2, 0.25) is 5.91 Å². The third-order valence-corrected chi connectivity index (χ3v) is 6.80. The number of rotatable bonds is 8. The van der Waals surface area contributed by atoms with E-state index in [2.05, 4.69) is 4.90 Å². The average Bonchev–Trinajstić information content (AvgIpc) is 3.27. The van der Waals surface area contributed by atoms with Crippen molar-refractivity contribution < 1.29 is 27.9 Å². The number of carboxylic acids is 1. The van der Waals surface area contributed by atoms with Crippen molar-refractivity contribution in [3.05, 3.63) is 64.7 Å². The van der Waals surface area contributed by atoms with E-state index < -0.39 is 17.7 Å². The van der Waals surface area contributed by atoms with Gasteiger partial charge in [0.25, 0.3) is 0 Å². The number of carbonyl (C=O) groups excluding carboxylic acids is 1. The molecule has 1 N–H and O–H groups in total. The highest BCUT2D eigenvalue weighted by atomic mass is 19.4. The summed E-state index contributed by atoms with van der Waals surface area (Å²) in [5.74, 6) is -0.873. The quantitative estimate of drug-likeness (QED) is 0.548. The van der Waals surface area contributed by atoms with Gasteiger partial charge in [-0.3, -0.25) is 9.69 Å². The van der Waals surface area contributed by atoms with Crippen LogP contribution in [0.2, 0.25) is 0 Å². The number of carbonyl (C=O) groups is 2. The molecule has 2 heterocycles. The Morgan fingerprint density at radius 3 is 2.34 bits per heavy atom. The number of carboxylic acid groups (broad SMARTS) is 1. The van der Waals surface area contributed by atoms with Gasteiger partial charge < -0.3 is 14.9 Å². The number of nitrogens with zero attached hydrogens (tertiary/aromatic N) is 3. The first-order valence-corrected chi connectivity index (χ1v) is 12.0. The van der Waals surface area contributed by atoms with Gasteiger partial charge in [0, 0.05) is 51.4 Å². The van der Waals surface area contributed by atoms with Crippen LogP contribution in [0.25, 0.3) is 0 Å². The van der Waals surface area contributed by atoms with Crippen LogP contribution < -0.4 is 4.90 Å². The maximum absolute atomic E-state index is 13.0. The number of alkyl halides is 3. The Kier molecular flexibility index (Phi) is 7.64. The van der Waals surface area contributed by atoms with E-state index in [9.17, 15) is 22.8 Å². The number of unbranched alkanes of at least 4 members (excludes halogenated alkanes) is 2. The molecule has 0 aromatic heterocycles. The maximum Gasteiger partial charge on any atom is 0.416 e. The minimum absolute atomic E-state index is 0.0905. The van der Waals surface area contributed by atoms with Gasteiger partial charge in [-0.2, -0.15) is 13.2 Å². The molecule has 1 saturated heterocycles. The highest BCUT2D eigenvalue weighted by Gasteiger charge is 2.31. The molecule has 0 aliphatic carbocycles. The number of benzene rings is 2. The first kappa shape index (κ1) is 25.0. The number of amides is 1. The van der Waals surface area contributed by atoms with Gasteiger partial charge in [-0.25, -0.2) is 4.79 Å². The zero-order valence-electron chi connectivity index (χ0n) is 19.6. The molecule has 1 fully saturated rings. The van der Waals surface area contributed by atoms with Crippen LogP contribution in [0.4, 0.5) is 18.9 Å². The second-order valence-corrected chi connectivity index (χ2v) is 9.23. The predicted molar refractivity (Wildman–Crippen MR) is 126 cm³/mol. The SMILES string of the molecule is O=C(O)c1ccc2c(c1)CN(C(=O)CCCCCN1CCN(c3cccc(C(F)(F)F)c3)CC1)C2. The molecule has 0 spiro atoms. The zero-order chi connectivity index (χ0) is 25.0. The van der Waals surface area contributed by atoms with Crippen molar-refractivity contribution in [2.75, 3.05) is 37.6 Å². The second-order valence-electron chi connectivity index (χ2n) is 9.23. The molecule has 2 aromatic rings. The van der Waals surface area contributed by atoms with Gasteiger partial charge in [0.15, 0.2) is 0 Å². The van der Waals surface area contributed by atoms with Crippen molar-refractivity contribution >= 4 is 17.6 Å². The van der Waals surface area contributed by atoms with Crippen LogP contribution >= 0.6 is 0 Å². The van der Waals surface area contributed by atoms with Gasteiger partial charge in [-0.15, -0.1) is 0 Å². The minimum atomic E-state index is -4.33. The highest BCUT2D eigenvalue weighted by Crippen LogP contribution is 2.32. The fraction of sp³-hybridized carbons (Fsp3) is 0.462. The summed E-state index contributed by atoms with van der Waals surface area (Å²) in [6.07, 6.45) is -1.15. The molecule has 0 saturated carbocycles. The van der Waals surface area contributed by atoms with E-state index in [-0.39, 0.29) is 11.5 Å². The van der Waals surface area contributed by atoms with Crippen LogP contribution in [-0.2, 0) is 24.1 Å². The van der Waals surface area contributed by atoms with E-state index >= 15 is 0 Å². The number of hydrogen-bond donors (Lipinski definition) is 1. The average molecular weight is 490 g/mol. The van der Waals surface area contributed by atoms with Gasteiger partial charge in [-0.1, -0.05) is 18.6 Å².